The number of carbonyl (C=O) groups excluding carboxylic acids is 1. The number of hydrogen-bond donors (Lipinski definition) is 1. The van der Waals surface area contributed by atoms with Gasteiger partial charge in [-0.25, -0.2) is 4.79 Å². The third-order valence-corrected chi connectivity index (χ3v) is 3.29. The van der Waals surface area contributed by atoms with Crippen LogP contribution in [0.5, 0.6) is 0 Å². The molecule has 2 rings (SSSR count). The lowest BCUT2D eigenvalue weighted by Crippen LogP contribution is -2.37. The second kappa shape index (κ2) is 4.64. The summed E-state index contributed by atoms with van der Waals surface area (Å²) in [5, 5.41) is 0.473. The zero-order valence-corrected chi connectivity index (χ0v) is 10.3. The van der Waals surface area contributed by atoms with Crippen LogP contribution < -0.4 is 5.73 Å². The van der Waals surface area contributed by atoms with Crippen molar-refractivity contribution in [1.82, 2.24) is 0 Å². The van der Waals surface area contributed by atoms with Crippen LogP contribution in [0.1, 0.15) is 22.3 Å². The maximum absolute atomic E-state index is 11.3. The molecule has 17 heavy (non-hydrogen) atoms. The van der Waals surface area contributed by atoms with Crippen LogP contribution in [-0.2, 0) is 15.0 Å². The van der Waals surface area contributed by atoms with Gasteiger partial charge in [0.25, 0.3) is 0 Å². The van der Waals surface area contributed by atoms with Crippen LogP contribution in [0.2, 0.25) is 5.02 Å². The van der Waals surface area contributed by atoms with E-state index in [2.05, 4.69) is 4.74 Å². The predicted molar refractivity (Wildman–Crippen MR) is 64.1 cm³/mol. The Morgan fingerprint density at radius 1 is 1.59 bits per heavy atom. The Bertz CT molecular complexity index is 441. The van der Waals surface area contributed by atoms with E-state index in [9.17, 15) is 4.79 Å². The highest BCUT2D eigenvalue weighted by Crippen LogP contribution is 2.33. The number of rotatable bonds is 2. The summed E-state index contributed by atoms with van der Waals surface area (Å²) in [6.07, 6.45) is 0.726. The van der Waals surface area contributed by atoms with E-state index < -0.39 is 11.5 Å². The van der Waals surface area contributed by atoms with Gasteiger partial charge in [0.05, 0.1) is 24.8 Å². The van der Waals surface area contributed by atoms with Crippen molar-refractivity contribution in [2.45, 2.75) is 12.0 Å². The summed E-state index contributed by atoms with van der Waals surface area (Å²) in [7, 11) is 1.33. The number of hydrogen-bond acceptors (Lipinski definition) is 4. The molecule has 1 saturated heterocycles. The van der Waals surface area contributed by atoms with Crippen molar-refractivity contribution in [3.8, 4) is 0 Å². The topological polar surface area (TPSA) is 61.5 Å². The Morgan fingerprint density at radius 3 is 2.88 bits per heavy atom. The molecule has 5 heteroatoms. The van der Waals surface area contributed by atoms with E-state index in [0.29, 0.717) is 23.8 Å². The van der Waals surface area contributed by atoms with Gasteiger partial charge in [0.2, 0.25) is 0 Å². The Kier molecular flexibility index (Phi) is 3.38. The molecule has 1 aliphatic rings. The van der Waals surface area contributed by atoms with Gasteiger partial charge in [-0.05, 0) is 24.1 Å². The molecule has 0 bridgehead atoms. The number of nitrogens with two attached hydrogens (primary N) is 1. The summed E-state index contributed by atoms with van der Waals surface area (Å²) in [4.78, 5) is 11.3. The molecule has 0 aromatic heterocycles. The number of carbonyl (C=O) groups is 1. The standard InChI is InChI=1S/C12H14ClNO3/c1-16-11(15)8-2-3-9(10(13)6-8)12(14)4-5-17-7-12/h2-3,6H,4-5,7,14H2,1H3. The fourth-order valence-electron chi connectivity index (χ4n) is 1.96. The van der Waals surface area contributed by atoms with Gasteiger partial charge < -0.3 is 15.2 Å². The lowest BCUT2D eigenvalue weighted by Gasteiger charge is -2.23. The van der Waals surface area contributed by atoms with E-state index in [1.54, 1.807) is 18.2 Å². The SMILES string of the molecule is COC(=O)c1ccc(C2(N)CCOC2)c(Cl)c1. The van der Waals surface area contributed by atoms with E-state index in [4.69, 9.17) is 22.1 Å². The molecule has 1 atom stereocenters. The molecule has 1 aromatic rings. The molecule has 0 spiro atoms. The number of benzene rings is 1. The fraction of sp³-hybridized carbons (Fsp3) is 0.417. The molecule has 1 aromatic carbocycles. The van der Waals surface area contributed by atoms with E-state index >= 15 is 0 Å². The third-order valence-electron chi connectivity index (χ3n) is 2.98. The predicted octanol–water partition coefficient (Wildman–Crippen LogP) is 1.70. The number of halogens is 1. The second-order valence-corrected chi connectivity index (χ2v) is 4.55. The zero-order chi connectivity index (χ0) is 12.5. The maximum Gasteiger partial charge on any atom is 0.337 e. The third kappa shape index (κ3) is 2.29. The van der Waals surface area contributed by atoms with Gasteiger partial charge in [0, 0.05) is 11.6 Å². The summed E-state index contributed by atoms with van der Waals surface area (Å²) in [5.41, 5.74) is 6.89. The Labute approximate surface area is 105 Å². The smallest absolute Gasteiger partial charge is 0.337 e. The van der Waals surface area contributed by atoms with Crippen molar-refractivity contribution in [1.29, 1.82) is 0 Å². The summed E-state index contributed by atoms with van der Waals surface area (Å²) in [6.45, 7) is 1.08. The largest absolute Gasteiger partial charge is 0.465 e. The van der Waals surface area contributed by atoms with E-state index in [1.165, 1.54) is 7.11 Å². The highest BCUT2D eigenvalue weighted by Gasteiger charge is 2.34. The van der Waals surface area contributed by atoms with Crippen LogP contribution in [0.3, 0.4) is 0 Å². The van der Waals surface area contributed by atoms with Gasteiger partial charge in [-0.2, -0.15) is 0 Å². The van der Waals surface area contributed by atoms with E-state index in [1.807, 2.05) is 0 Å². The Hall–Kier alpha value is -1.10. The summed E-state index contributed by atoms with van der Waals surface area (Å²) < 4.78 is 9.92. The quantitative estimate of drug-likeness (QED) is 0.817. The first-order valence-corrected chi connectivity index (χ1v) is 5.69. The molecule has 0 saturated carbocycles. The first kappa shape index (κ1) is 12.4. The van der Waals surface area contributed by atoms with Crippen LogP contribution in [0.25, 0.3) is 0 Å². The van der Waals surface area contributed by atoms with Crippen LogP contribution >= 0.6 is 11.6 Å². The maximum atomic E-state index is 11.3. The van der Waals surface area contributed by atoms with Crippen molar-refractivity contribution >= 4 is 17.6 Å². The van der Waals surface area contributed by atoms with Gasteiger partial charge in [0.1, 0.15) is 0 Å². The van der Waals surface area contributed by atoms with Crippen molar-refractivity contribution in [2.24, 2.45) is 5.73 Å². The number of esters is 1. The minimum Gasteiger partial charge on any atom is -0.465 e. The molecule has 4 nitrogen and oxygen atoms in total. The molecular formula is C12H14ClNO3. The van der Waals surface area contributed by atoms with E-state index in [-0.39, 0.29) is 0 Å². The molecule has 92 valence electrons. The average Bonchev–Trinajstić information content (AvgIpc) is 2.75. The van der Waals surface area contributed by atoms with Gasteiger partial charge in [-0.15, -0.1) is 0 Å². The van der Waals surface area contributed by atoms with Crippen LogP contribution in [0, 0.1) is 0 Å². The number of ether oxygens (including phenoxy) is 2. The zero-order valence-electron chi connectivity index (χ0n) is 9.53. The molecule has 0 aliphatic carbocycles. The minimum absolute atomic E-state index is 0.410. The molecule has 2 N–H and O–H groups in total. The molecule has 1 unspecified atom stereocenters. The molecule has 1 fully saturated rings. The van der Waals surface area contributed by atoms with Gasteiger partial charge >= 0.3 is 5.97 Å². The van der Waals surface area contributed by atoms with E-state index in [0.717, 1.165) is 12.0 Å². The molecular weight excluding hydrogens is 242 g/mol. The molecule has 1 heterocycles. The lowest BCUT2D eigenvalue weighted by atomic mass is 9.89. The summed E-state index contributed by atoms with van der Waals surface area (Å²) >= 11 is 6.16. The minimum atomic E-state index is -0.550. The lowest BCUT2D eigenvalue weighted by molar-refractivity contribution is 0.0600. The normalized spacial score (nSPS) is 23.7. The van der Waals surface area contributed by atoms with Gasteiger partial charge in [0.15, 0.2) is 0 Å². The van der Waals surface area contributed by atoms with Crippen LogP contribution in [0.15, 0.2) is 18.2 Å². The van der Waals surface area contributed by atoms with Gasteiger partial charge in [-0.1, -0.05) is 17.7 Å². The monoisotopic (exact) mass is 255 g/mol. The van der Waals surface area contributed by atoms with Crippen LogP contribution in [-0.4, -0.2) is 26.3 Å². The Morgan fingerprint density at radius 2 is 2.35 bits per heavy atom. The highest BCUT2D eigenvalue weighted by molar-refractivity contribution is 6.31. The highest BCUT2D eigenvalue weighted by atomic mass is 35.5. The van der Waals surface area contributed by atoms with Crippen molar-refractivity contribution in [2.75, 3.05) is 20.3 Å². The second-order valence-electron chi connectivity index (χ2n) is 4.14. The van der Waals surface area contributed by atoms with Crippen molar-refractivity contribution in [3.05, 3.63) is 34.3 Å². The van der Waals surface area contributed by atoms with Crippen molar-refractivity contribution < 1.29 is 14.3 Å². The van der Waals surface area contributed by atoms with Gasteiger partial charge in [-0.3, -0.25) is 0 Å². The number of methoxy groups -OCH3 is 1. The first-order valence-electron chi connectivity index (χ1n) is 5.32. The molecule has 0 amide bonds. The molecule has 0 radical (unpaired) electrons. The average molecular weight is 256 g/mol. The van der Waals surface area contributed by atoms with Crippen molar-refractivity contribution in [3.63, 3.8) is 0 Å². The summed E-state index contributed by atoms with van der Waals surface area (Å²) in [6, 6.07) is 5.01. The van der Waals surface area contributed by atoms with Crippen LogP contribution in [0.4, 0.5) is 0 Å². The Balaban J connectivity index is 2.34. The summed E-state index contributed by atoms with van der Waals surface area (Å²) in [5.74, 6) is -0.410. The molecule has 1 aliphatic heterocycles. The fourth-order valence-corrected chi connectivity index (χ4v) is 2.33. The first-order chi connectivity index (χ1) is 8.07.